The Balaban J connectivity index is 1.89. The van der Waals surface area contributed by atoms with E-state index in [9.17, 15) is 18.4 Å². The molecule has 4 nitrogen and oxygen atoms in total. The summed E-state index contributed by atoms with van der Waals surface area (Å²) in [5.41, 5.74) is -0.106. The fourth-order valence-electron chi connectivity index (χ4n) is 2.59. The van der Waals surface area contributed by atoms with Crippen LogP contribution >= 0.6 is 0 Å². The molecule has 120 valence electrons. The van der Waals surface area contributed by atoms with Gasteiger partial charge in [-0.15, -0.1) is 0 Å². The Hall–Kier alpha value is -1.98. The van der Waals surface area contributed by atoms with Crippen LogP contribution in [0.4, 0.5) is 14.5 Å². The van der Waals surface area contributed by atoms with Gasteiger partial charge in [-0.2, -0.15) is 0 Å². The molecule has 1 aliphatic carbocycles. The maximum atomic E-state index is 13.5. The van der Waals surface area contributed by atoms with Gasteiger partial charge in [-0.1, -0.05) is 19.3 Å². The molecule has 1 saturated carbocycles. The molecular weight excluding hydrogens is 290 g/mol. The average molecular weight is 310 g/mol. The molecule has 0 unspecified atom stereocenters. The van der Waals surface area contributed by atoms with E-state index in [-0.39, 0.29) is 17.5 Å². The summed E-state index contributed by atoms with van der Waals surface area (Å²) >= 11 is 0. The number of carbonyl (C=O) groups excluding carboxylic acids is 2. The van der Waals surface area contributed by atoms with Gasteiger partial charge in [0.05, 0.1) is 5.69 Å². The number of nitrogens with one attached hydrogen (secondary N) is 2. The molecule has 1 aromatic carbocycles. The molecule has 1 fully saturated rings. The minimum absolute atomic E-state index is 0.0495. The normalized spacial score (nSPS) is 16.9. The zero-order valence-corrected chi connectivity index (χ0v) is 12.5. The van der Waals surface area contributed by atoms with E-state index in [1.807, 2.05) is 0 Å². The Labute approximate surface area is 128 Å². The summed E-state index contributed by atoms with van der Waals surface area (Å²) in [6.45, 7) is 1.54. The van der Waals surface area contributed by atoms with E-state index in [1.165, 1.54) is 6.92 Å². The van der Waals surface area contributed by atoms with Gasteiger partial charge >= 0.3 is 0 Å². The van der Waals surface area contributed by atoms with Crippen LogP contribution in [0.15, 0.2) is 18.2 Å². The van der Waals surface area contributed by atoms with Crippen molar-refractivity contribution in [3.8, 4) is 0 Å². The van der Waals surface area contributed by atoms with Crippen molar-refractivity contribution in [3.63, 3.8) is 0 Å². The van der Waals surface area contributed by atoms with E-state index in [2.05, 4.69) is 10.6 Å². The van der Waals surface area contributed by atoms with Gasteiger partial charge in [0.15, 0.2) is 0 Å². The molecule has 22 heavy (non-hydrogen) atoms. The predicted molar refractivity (Wildman–Crippen MR) is 79.2 cm³/mol. The summed E-state index contributed by atoms with van der Waals surface area (Å²) in [6.07, 6.45) is 4.88. The number of amides is 2. The minimum atomic E-state index is -0.848. The Morgan fingerprint density at radius 3 is 2.50 bits per heavy atom. The summed E-state index contributed by atoms with van der Waals surface area (Å²) in [5.74, 6) is -2.28. The van der Waals surface area contributed by atoms with Crippen LogP contribution in [0, 0.1) is 17.6 Å². The Morgan fingerprint density at radius 1 is 1.18 bits per heavy atom. The van der Waals surface area contributed by atoms with E-state index < -0.39 is 23.6 Å². The van der Waals surface area contributed by atoms with Crippen LogP contribution in [0.25, 0.3) is 0 Å². The second-order valence-corrected chi connectivity index (χ2v) is 5.68. The lowest BCUT2D eigenvalue weighted by Gasteiger charge is -2.23. The maximum Gasteiger partial charge on any atom is 0.246 e. The highest BCUT2D eigenvalue weighted by atomic mass is 19.1. The molecule has 0 aliphatic heterocycles. The zero-order valence-electron chi connectivity index (χ0n) is 12.5. The number of rotatable bonds is 4. The van der Waals surface area contributed by atoms with Gasteiger partial charge in [0.1, 0.15) is 17.7 Å². The second-order valence-electron chi connectivity index (χ2n) is 5.68. The van der Waals surface area contributed by atoms with E-state index in [4.69, 9.17) is 0 Å². The minimum Gasteiger partial charge on any atom is -0.344 e. The zero-order chi connectivity index (χ0) is 16.1. The lowest BCUT2D eigenvalue weighted by molar-refractivity contribution is -0.129. The van der Waals surface area contributed by atoms with Crippen molar-refractivity contribution in [2.45, 2.75) is 45.1 Å². The third-order valence-corrected chi connectivity index (χ3v) is 3.92. The highest BCUT2D eigenvalue weighted by molar-refractivity contribution is 5.97. The van der Waals surface area contributed by atoms with E-state index in [0.29, 0.717) is 6.07 Å². The number of carbonyl (C=O) groups is 2. The molecule has 0 bridgehead atoms. The lowest BCUT2D eigenvalue weighted by atomic mass is 9.88. The summed E-state index contributed by atoms with van der Waals surface area (Å²) in [4.78, 5) is 24.0. The molecule has 2 N–H and O–H groups in total. The third kappa shape index (κ3) is 4.26. The molecule has 0 saturated heterocycles. The maximum absolute atomic E-state index is 13.5. The summed E-state index contributed by atoms with van der Waals surface area (Å²) in [7, 11) is 0. The van der Waals surface area contributed by atoms with Crippen LogP contribution in [-0.4, -0.2) is 17.9 Å². The first-order valence-electron chi connectivity index (χ1n) is 7.53. The van der Waals surface area contributed by atoms with E-state index >= 15 is 0 Å². The van der Waals surface area contributed by atoms with Crippen LogP contribution in [0.1, 0.15) is 39.0 Å². The largest absolute Gasteiger partial charge is 0.344 e. The summed E-state index contributed by atoms with van der Waals surface area (Å²) in [6, 6.07) is 2.13. The Bertz CT molecular complexity index is 557. The predicted octanol–water partition coefficient (Wildman–Crippen LogP) is 2.99. The molecule has 1 atom stereocenters. The van der Waals surface area contributed by atoms with Crippen LogP contribution in [0.5, 0.6) is 0 Å². The molecule has 2 amide bonds. The molecule has 0 spiro atoms. The average Bonchev–Trinajstić information content (AvgIpc) is 2.50. The van der Waals surface area contributed by atoms with Crippen molar-refractivity contribution in [2.24, 2.45) is 5.92 Å². The summed E-state index contributed by atoms with van der Waals surface area (Å²) in [5, 5.41) is 5.00. The number of halogens is 2. The number of hydrogen-bond acceptors (Lipinski definition) is 2. The van der Waals surface area contributed by atoms with Gasteiger partial charge in [-0.3, -0.25) is 9.59 Å². The first-order chi connectivity index (χ1) is 10.5. The molecule has 6 heteroatoms. The van der Waals surface area contributed by atoms with Gasteiger partial charge in [0.25, 0.3) is 0 Å². The van der Waals surface area contributed by atoms with Crippen LogP contribution in [0.3, 0.4) is 0 Å². The molecule has 1 aromatic rings. The first kappa shape index (κ1) is 16.4. The van der Waals surface area contributed by atoms with E-state index in [0.717, 1.165) is 44.2 Å². The SMILES string of the molecule is C[C@@H](NC(=O)C1CCCCC1)C(=O)Nc1ccc(F)cc1F. The molecule has 0 heterocycles. The highest BCUT2D eigenvalue weighted by Crippen LogP contribution is 2.23. The summed E-state index contributed by atoms with van der Waals surface area (Å²) < 4.78 is 26.3. The van der Waals surface area contributed by atoms with E-state index in [1.54, 1.807) is 0 Å². The number of benzene rings is 1. The van der Waals surface area contributed by atoms with Crippen molar-refractivity contribution in [1.29, 1.82) is 0 Å². The molecule has 1 aliphatic rings. The second kappa shape index (κ2) is 7.33. The number of anilines is 1. The quantitative estimate of drug-likeness (QED) is 0.898. The highest BCUT2D eigenvalue weighted by Gasteiger charge is 2.24. The van der Waals surface area contributed by atoms with Crippen LogP contribution in [0.2, 0.25) is 0 Å². The number of hydrogen-bond donors (Lipinski definition) is 2. The Morgan fingerprint density at radius 2 is 1.86 bits per heavy atom. The van der Waals surface area contributed by atoms with Gasteiger partial charge in [0.2, 0.25) is 11.8 Å². The fourth-order valence-corrected chi connectivity index (χ4v) is 2.59. The van der Waals surface area contributed by atoms with Crippen molar-refractivity contribution >= 4 is 17.5 Å². The topological polar surface area (TPSA) is 58.2 Å². The fraction of sp³-hybridized carbons (Fsp3) is 0.500. The molecule has 0 aromatic heterocycles. The Kier molecular flexibility index (Phi) is 5.46. The van der Waals surface area contributed by atoms with Gasteiger partial charge in [0, 0.05) is 12.0 Å². The molecule has 0 radical (unpaired) electrons. The van der Waals surface area contributed by atoms with Crippen molar-refractivity contribution < 1.29 is 18.4 Å². The van der Waals surface area contributed by atoms with Crippen molar-refractivity contribution in [1.82, 2.24) is 5.32 Å². The molecular formula is C16H20F2N2O2. The third-order valence-electron chi connectivity index (χ3n) is 3.92. The lowest BCUT2D eigenvalue weighted by Crippen LogP contribution is -2.44. The van der Waals surface area contributed by atoms with Gasteiger partial charge < -0.3 is 10.6 Å². The van der Waals surface area contributed by atoms with Crippen LogP contribution < -0.4 is 10.6 Å². The van der Waals surface area contributed by atoms with Crippen molar-refractivity contribution in [3.05, 3.63) is 29.8 Å². The van der Waals surface area contributed by atoms with Gasteiger partial charge in [-0.25, -0.2) is 8.78 Å². The first-order valence-corrected chi connectivity index (χ1v) is 7.53. The monoisotopic (exact) mass is 310 g/mol. The smallest absolute Gasteiger partial charge is 0.246 e. The molecule has 2 rings (SSSR count). The van der Waals surface area contributed by atoms with Crippen LogP contribution in [-0.2, 0) is 9.59 Å². The standard InChI is InChI=1S/C16H20F2N2O2/c1-10(19-16(22)11-5-3-2-4-6-11)15(21)20-14-8-7-12(17)9-13(14)18/h7-11H,2-6H2,1H3,(H,19,22)(H,20,21)/t10-/m1/s1. The van der Waals surface area contributed by atoms with Gasteiger partial charge in [-0.05, 0) is 31.9 Å². The van der Waals surface area contributed by atoms with Crippen molar-refractivity contribution in [2.75, 3.05) is 5.32 Å².